The number of nitrogens with two attached hydrogens (primary N) is 1. The number of nitrogens with zero attached hydrogens (tertiary/aromatic N) is 1. The van der Waals surface area contributed by atoms with Crippen molar-refractivity contribution in [3.8, 4) is 6.07 Å². The van der Waals surface area contributed by atoms with Crippen LogP contribution in [0.5, 0.6) is 0 Å². The summed E-state index contributed by atoms with van der Waals surface area (Å²) in [7, 11) is 0. The van der Waals surface area contributed by atoms with Crippen molar-refractivity contribution in [3.63, 3.8) is 0 Å². The van der Waals surface area contributed by atoms with Crippen molar-refractivity contribution in [2.45, 2.75) is 18.6 Å². The van der Waals surface area contributed by atoms with Crippen molar-refractivity contribution in [3.05, 3.63) is 0 Å². The maximum Gasteiger partial charge on any atom is 0.404 e. The third-order valence-electron chi connectivity index (χ3n) is 0.732. The predicted octanol–water partition coefficient (Wildman–Crippen LogP) is 0.790. The largest absolute Gasteiger partial charge is 0.404 e. The van der Waals surface area contributed by atoms with Gasteiger partial charge in [0.2, 0.25) is 0 Å². The van der Waals surface area contributed by atoms with E-state index in [1.165, 1.54) is 6.07 Å². The van der Waals surface area contributed by atoms with Crippen LogP contribution < -0.4 is 5.73 Å². The molecule has 2 N–H and O–H groups in total. The summed E-state index contributed by atoms with van der Waals surface area (Å²) in [6.07, 6.45) is -5.11. The molecule has 0 aromatic rings. The highest BCUT2D eigenvalue weighted by Gasteiger charge is 2.36. The summed E-state index contributed by atoms with van der Waals surface area (Å²) < 4.78 is 34.1. The Balaban J connectivity index is 3.76. The molecule has 0 bridgehead atoms. The lowest BCUT2D eigenvalue weighted by atomic mass is 10.2. The summed E-state index contributed by atoms with van der Waals surface area (Å²) in [5.41, 5.74) is 4.51. The van der Waals surface area contributed by atoms with E-state index in [0.717, 1.165) is 0 Å². The van der Waals surface area contributed by atoms with Crippen molar-refractivity contribution in [1.29, 1.82) is 5.26 Å². The molecule has 2 nitrogen and oxygen atoms in total. The molecule has 0 aromatic carbocycles. The quantitative estimate of drug-likeness (QED) is 0.582. The molecule has 0 spiro atoms. The molecule has 0 aromatic heterocycles. The van der Waals surface area contributed by atoms with Crippen LogP contribution in [0.4, 0.5) is 13.2 Å². The van der Waals surface area contributed by atoms with E-state index >= 15 is 0 Å². The normalized spacial score (nSPS) is 14.6. The van der Waals surface area contributed by atoms with Gasteiger partial charge in [0, 0.05) is 0 Å². The molecule has 52 valence electrons. The van der Waals surface area contributed by atoms with E-state index < -0.39 is 18.6 Å². The second kappa shape index (κ2) is 2.69. The zero-order chi connectivity index (χ0) is 7.49. The molecular weight excluding hydrogens is 133 g/mol. The molecule has 0 heterocycles. The number of nitriles is 1. The maximum absolute atomic E-state index is 11.4. The monoisotopic (exact) mass is 138 g/mol. The Bertz CT molecular complexity index is 123. The molecule has 0 radical (unpaired) electrons. The Morgan fingerprint density at radius 2 is 2.00 bits per heavy atom. The predicted molar refractivity (Wildman–Crippen MR) is 24.3 cm³/mol. The zero-order valence-corrected chi connectivity index (χ0v) is 4.44. The topological polar surface area (TPSA) is 49.8 Å². The number of hydrogen-bond acceptors (Lipinski definition) is 2. The lowest BCUT2D eigenvalue weighted by Crippen LogP contribution is -2.36. The van der Waals surface area contributed by atoms with E-state index in [1.807, 2.05) is 0 Å². The SMILES string of the molecule is N#CC[C@@H](N)C(F)(F)F. The fourth-order valence-corrected chi connectivity index (χ4v) is 0.214. The molecule has 1 atom stereocenters. The van der Waals surface area contributed by atoms with Gasteiger partial charge in [-0.2, -0.15) is 18.4 Å². The van der Waals surface area contributed by atoms with Gasteiger partial charge in [-0.15, -0.1) is 0 Å². The first-order valence-corrected chi connectivity index (χ1v) is 2.17. The molecule has 0 aliphatic heterocycles. The van der Waals surface area contributed by atoms with Crippen LogP contribution in [0.25, 0.3) is 0 Å². The van der Waals surface area contributed by atoms with Gasteiger partial charge in [0.15, 0.2) is 0 Å². The Kier molecular flexibility index (Phi) is 2.46. The Morgan fingerprint density at radius 3 is 2.11 bits per heavy atom. The smallest absolute Gasteiger partial charge is 0.319 e. The van der Waals surface area contributed by atoms with E-state index in [-0.39, 0.29) is 0 Å². The molecule has 0 saturated heterocycles. The highest BCUT2D eigenvalue weighted by atomic mass is 19.4. The van der Waals surface area contributed by atoms with Crippen LogP contribution in [0.1, 0.15) is 6.42 Å². The molecule has 0 rings (SSSR count). The van der Waals surface area contributed by atoms with Crippen molar-refractivity contribution >= 4 is 0 Å². The summed E-state index contributed by atoms with van der Waals surface area (Å²) in [4.78, 5) is 0. The van der Waals surface area contributed by atoms with Gasteiger partial charge in [-0.1, -0.05) is 0 Å². The van der Waals surface area contributed by atoms with Gasteiger partial charge in [-0.3, -0.25) is 0 Å². The van der Waals surface area contributed by atoms with Crippen LogP contribution in [0.15, 0.2) is 0 Å². The van der Waals surface area contributed by atoms with Gasteiger partial charge in [-0.25, -0.2) is 0 Å². The first kappa shape index (κ1) is 8.24. The summed E-state index contributed by atoms with van der Waals surface area (Å²) in [5, 5.41) is 7.77. The molecular formula is C4H5F3N2. The number of rotatable bonds is 1. The van der Waals surface area contributed by atoms with Gasteiger partial charge in [0.1, 0.15) is 6.04 Å². The standard InChI is InChI=1S/C4H5F3N2/c5-4(6,7)3(9)1-2-8/h3H,1,9H2/t3-/m1/s1. The first-order chi connectivity index (χ1) is 3.98. The Hall–Kier alpha value is -0.760. The third-order valence-corrected chi connectivity index (χ3v) is 0.732. The van der Waals surface area contributed by atoms with Gasteiger partial charge >= 0.3 is 6.18 Å². The minimum absolute atomic E-state index is 0.677. The van der Waals surface area contributed by atoms with Gasteiger partial charge in [-0.05, 0) is 0 Å². The fraction of sp³-hybridized carbons (Fsp3) is 0.750. The van der Waals surface area contributed by atoms with Crippen molar-refractivity contribution in [2.75, 3.05) is 0 Å². The van der Waals surface area contributed by atoms with E-state index in [2.05, 4.69) is 5.73 Å². The summed E-state index contributed by atoms with van der Waals surface area (Å²) in [5.74, 6) is 0. The van der Waals surface area contributed by atoms with Crippen LogP contribution in [0.2, 0.25) is 0 Å². The molecule has 0 aliphatic rings. The molecule has 5 heteroatoms. The second-order valence-corrected chi connectivity index (χ2v) is 1.51. The molecule has 0 saturated carbocycles. The summed E-state index contributed by atoms with van der Waals surface area (Å²) in [6.45, 7) is 0. The fourth-order valence-electron chi connectivity index (χ4n) is 0.214. The van der Waals surface area contributed by atoms with Gasteiger partial charge in [0.05, 0.1) is 12.5 Å². The van der Waals surface area contributed by atoms with Crippen LogP contribution in [-0.4, -0.2) is 12.2 Å². The number of halogens is 3. The molecule has 0 amide bonds. The summed E-state index contributed by atoms with van der Waals surface area (Å²) >= 11 is 0. The van der Waals surface area contributed by atoms with Crippen LogP contribution in [0, 0.1) is 11.3 Å². The van der Waals surface area contributed by atoms with Crippen molar-refractivity contribution in [2.24, 2.45) is 5.73 Å². The number of alkyl halides is 3. The summed E-state index contributed by atoms with van der Waals surface area (Å²) in [6, 6.07) is -0.669. The van der Waals surface area contributed by atoms with Crippen molar-refractivity contribution in [1.82, 2.24) is 0 Å². The van der Waals surface area contributed by atoms with Crippen LogP contribution in [-0.2, 0) is 0 Å². The minimum Gasteiger partial charge on any atom is -0.319 e. The lowest BCUT2D eigenvalue weighted by molar-refractivity contribution is -0.146. The Labute approximate surface area is 50.1 Å². The lowest BCUT2D eigenvalue weighted by Gasteiger charge is -2.10. The highest BCUT2D eigenvalue weighted by molar-refractivity contribution is 4.82. The van der Waals surface area contributed by atoms with Crippen molar-refractivity contribution < 1.29 is 13.2 Å². The molecule has 9 heavy (non-hydrogen) atoms. The zero-order valence-electron chi connectivity index (χ0n) is 4.44. The first-order valence-electron chi connectivity index (χ1n) is 2.17. The number of hydrogen-bond donors (Lipinski definition) is 1. The van der Waals surface area contributed by atoms with Crippen LogP contribution >= 0.6 is 0 Å². The second-order valence-electron chi connectivity index (χ2n) is 1.51. The average Bonchev–Trinajstić information content (AvgIpc) is 1.64. The maximum atomic E-state index is 11.4. The average molecular weight is 138 g/mol. The van der Waals surface area contributed by atoms with E-state index in [0.29, 0.717) is 0 Å². The van der Waals surface area contributed by atoms with Gasteiger partial charge in [0.25, 0.3) is 0 Å². The molecule has 0 fully saturated rings. The molecule has 0 unspecified atom stereocenters. The highest BCUT2D eigenvalue weighted by Crippen LogP contribution is 2.19. The third kappa shape index (κ3) is 2.93. The minimum atomic E-state index is -4.43. The Morgan fingerprint density at radius 1 is 1.56 bits per heavy atom. The van der Waals surface area contributed by atoms with Gasteiger partial charge < -0.3 is 5.73 Å². The van der Waals surface area contributed by atoms with E-state index in [9.17, 15) is 13.2 Å². The van der Waals surface area contributed by atoms with E-state index in [4.69, 9.17) is 5.26 Å². The molecule has 0 aliphatic carbocycles. The van der Waals surface area contributed by atoms with Crippen LogP contribution in [0.3, 0.4) is 0 Å². The van der Waals surface area contributed by atoms with E-state index in [1.54, 1.807) is 0 Å².